The van der Waals surface area contributed by atoms with Crippen molar-refractivity contribution in [3.05, 3.63) is 0 Å². The molecule has 0 aromatic heterocycles. The third kappa shape index (κ3) is 2.76. The molecule has 92 valence electrons. The lowest BCUT2D eigenvalue weighted by Gasteiger charge is -2.34. The van der Waals surface area contributed by atoms with E-state index in [4.69, 9.17) is 5.11 Å². The monoisotopic (exact) mass is 225 g/mol. The maximum absolute atomic E-state index is 12.2. The van der Waals surface area contributed by atoms with Gasteiger partial charge in [-0.3, -0.25) is 4.79 Å². The molecule has 3 heteroatoms. The van der Waals surface area contributed by atoms with Gasteiger partial charge in [0.25, 0.3) is 0 Å². The SMILES string of the molecule is O=C(C1CCCCC1)N1CCC(CO)CC1. The summed E-state index contributed by atoms with van der Waals surface area (Å²) < 4.78 is 0. The van der Waals surface area contributed by atoms with E-state index >= 15 is 0 Å². The number of nitrogens with zero attached hydrogens (tertiary/aromatic N) is 1. The van der Waals surface area contributed by atoms with Crippen LogP contribution in [0.25, 0.3) is 0 Å². The summed E-state index contributed by atoms with van der Waals surface area (Å²) in [5.41, 5.74) is 0. The van der Waals surface area contributed by atoms with Crippen LogP contribution < -0.4 is 0 Å². The second-order valence-electron chi connectivity index (χ2n) is 5.29. The molecule has 1 saturated carbocycles. The fraction of sp³-hybridized carbons (Fsp3) is 0.923. The van der Waals surface area contributed by atoms with E-state index in [9.17, 15) is 4.79 Å². The van der Waals surface area contributed by atoms with Gasteiger partial charge in [0.2, 0.25) is 5.91 Å². The summed E-state index contributed by atoms with van der Waals surface area (Å²) in [5.74, 6) is 1.12. The van der Waals surface area contributed by atoms with Crippen LogP contribution in [0.5, 0.6) is 0 Å². The minimum Gasteiger partial charge on any atom is -0.396 e. The summed E-state index contributed by atoms with van der Waals surface area (Å²) in [4.78, 5) is 14.2. The Morgan fingerprint density at radius 3 is 2.25 bits per heavy atom. The Morgan fingerprint density at radius 1 is 1.06 bits per heavy atom. The van der Waals surface area contributed by atoms with E-state index < -0.39 is 0 Å². The topological polar surface area (TPSA) is 40.5 Å². The number of carbonyl (C=O) groups is 1. The van der Waals surface area contributed by atoms with Crippen molar-refractivity contribution in [2.24, 2.45) is 11.8 Å². The van der Waals surface area contributed by atoms with Crippen LogP contribution in [0.3, 0.4) is 0 Å². The van der Waals surface area contributed by atoms with Crippen LogP contribution >= 0.6 is 0 Å². The van der Waals surface area contributed by atoms with Crippen LogP contribution in [0.4, 0.5) is 0 Å². The highest BCUT2D eigenvalue weighted by Gasteiger charge is 2.28. The standard InChI is InChI=1S/C13H23NO2/c15-10-11-6-8-14(9-7-11)13(16)12-4-2-1-3-5-12/h11-12,15H,1-10H2. The summed E-state index contributed by atoms with van der Waals surface area (Å²) in [5, 5.41) is 9.06. The molecule has 0 bridgehead atoms. The Balaban J connectivity index is 1.81. The van der Waals surface area contributed by atoms with Gasteiger partial charge in [0.05, 0.1) is 0 Å². The fourth-order valence-corrected chi connectivity index (χ4v) is 2.94. The first-order valence-corrected chi connectivity index (χ1v) is 6.71. The third-order valence-corrected chi connectivity index (χ3v) is 4.14. The van der Waals surface area contributed by atoms with Crippen molar-refractivity contribution in [1.29, 1.82) is 0 Å². The number of rotatable bonds is 2. The molecule has 2 aliphatic rings. The van der Waals surface area contributed by atoms with Gasteiger partial charge in [-0.2, -0.15) is 0 Å². The van der Waals surface area contributed by atoms with Crippen molar-refractivity contribution >= 4 is 5.91 Å². The smallest absolute Gasteiger partial charge is 0.225 e. The fourth-order valence-electron chi connectivity index (χ4n) is 2.94. The first-order valence-electron chi connectivity index (χ1n) is 6.71. The van der Waals surface area contributed by atoms with Gasteiger partial charge in [-0.05, 0) is 31.6 Å². The third-order valence-electron chi connectivity index (χ3n) is 4.14. The predicted octanol–water partition coefficient (Wildman–Crippen LogP) is 1.80. The number of amides is 1. The molecule has 1 saturated heterocycles. The Hall–Kier alpha value is -0.570. The molecule has 1 heterocycles. The number of likely N-dealkylation sites (tertiary alicyclic amines) is 1. The van der Waals surface area contributed by atoms with E-state index in [-0.39, 0.29) is 6.61 Å². The molecule has 0 aromatic carbocycles. The van der Waals surface area contributed by atoms with Gasteiger partial charge < -0.3 is 10.0 Å². The summed E-state index contributed by atoms with van der Waals surface area (Å²) in [6.45, 7) is 2.01. The Morgan fingerprint density at radius 2 is 1.69 bits per heavy atom. The molecule has 0 unspecified atom stereocenters. The molecule has 2 fully saturated rings. The van der Waals surface area contributed by atoms with Crippen LogP contribution in [-0.4, -0.2) is 35.6 Å². The molecule has 2 rings (SSSR count). The molecular formula is C13H23NO2. The summed E-state index contributed by atoms with van der Waals surface area (Å²) in [7, 11) is 0. The van der Waals surface area contributed by atoms with Gasteiger partial charge in [0.1, 0.15) is 0 Å². The molecule has 1 amide bonds. The van der Waals surface area contributed by atoms with E-state index in [1.807, 2.05) is 4.90 Å². The minimum absolute atomic E-state index is 0.283. The Kier molecular flexibility index (Phi) is 4.22. The molecular weight excluding hydrogens is 202 g/mol. The highest BCUT2D eigenvalue weighted by molar-refractivity contribution is 5.79. The van der Waals surface area contributed by atoms with Crippen molar-refractivity contribution in [2.75, 3.05) is 19.7 Å². The van der Waals surface area contributed by atoms with E-state index in [1.165, 1.54) is 19.3 Å². The number of hydrogen-bond acceptors (Lipinski definition) is 2. The zero-order valence-electron chi connectivity index (χ0n) is 10.0. The molecule has 16 heavy (non-hydrogen) atoms. The second-order valence-corrected chi connectivity index (χ2v) is 5.29. The highest BCUT2D eigenvalue weighted by Crippen LogP contribution is 2.27. The van der Waals surface area contributed by atoms with Crippen LogP contribution in [0.1, 0.15) is 44.9 Å². The van der Waals surface area contributed by atoms with Crippen LogP contribution in [-0.2, 0) is 4.79 Å². The van der Waals surface area contributed by atoms with Gasteiger partial charge in [-0.1, -0.05) is 19.3 Å². The molecule has 0 aromatic rings. The number of carbonyl (C=O) groups excluding carboxylic acids is 1. The molecule has 3 nitrogen and oxygen atoms in total. The Bertz CT molecular complexity index is 228. The van der Waals surface area contributed by atoms with Crippen molar-refractivity contribution in [1.82, 2.24) is 4.90 Å². The van der Waals surface area contributed by atoms with Crippen molar-refractivity contribution < 1.29 is 9.90 Å². The zero-order valence-corrected chi connectivity index (χ0v) is 10.0. The van der Waals surface area contributed by atoms with E-state index in [1.54, 1.807) is 0 Å². The lowest BCUT2D eigenvalue weighted by molar-refractivity contribution is -0.138. The average Bonchev–Trinajstić information content (AvgIpc) is 2.39. The molecule has 0 atom stereocenters. The number of aliphatic hydroxyl groups is 1. The van der Waals surface area contributed by atoms with E-state index in [0.29, 0.717) is 17.7 Å². The summed E-state index contributed by atoms with van der Waals surface area (Å²) >= 11 is 0. The van der Waals surface area contributed by atoms with Gasteiger partial charge in [-0.25, -0.2) is 0 Å². The van der Waals surface area contributed by atoms with Gasteiger partial charge in [0.15, 0.2) is 0 Å². The number of aliphatic hydroxyl groups excluding tert-OH is 1. The molecule has 1 aliphatic carbocycles. The quantitative estimate of drug-likeness (QED) is 0.778. The Labute approximate surface area is 97.8 Å². The normalized spacial score (nSPS) is 24.7. The number of piperidine rings is 1. The molecule has 1 N–H and O–H groups in total. The minimum atomic E-state index is 0.283. The van der Waals surface area contributed by atoms with Gasteiger partial charge in [0, 0.05) is 25.6 Å². The maximum Gasteiger partial charge on any atom is 0.225 e. The predicted molar refractivity (Wildman–Crippen MR) is 63.0 cm³/mol. The largest absolute Gasteiger partial charge is 0.396 e. The van der Waals surface area contributed by atoms with Crippen molar-refractivity contribution in [3.8, 4) is 0 Å². The van der Waals surface area contributed by atoms with Gasteiger partial charge >= 0.3 is 0 Å². The average molecular weight is 225 g/mol. The van der Waals surface area contributed by atoms with Crippen molar-refractivity contribution in [3.63, 3.8) is 0 Å². The first kappa shape index (κ1) is 11.9. The maximum atomic E-state index is 12.2. The summed E-state index contributed by atoms with van der Waals surface area (Å²) in [6.07, 6.45) is 7.91. The zero-order chi connectivity index (χ0) is 11.4. The van der Waals surface area contributed by atoms with Crippen LogP contribution in [0, 0.1) is 11.8 Å². The summed E-state index contributed by atoms with van der Waals surface area (Å²) in [6, 6.07) is 0. The van der Waals surface area contributed by atoms with Gasteiger partial charge in [-0.15, -0.1) is 0 Å². The first-order chi connectivity index (χ1) is 7.81. The molecule has 1 aliphatic heterocycles. The van der Waals surface area contributed by atoms with Crippen molar-refractivity contribution in [2.45, 2.75) is 44.9 Å². The lowest BCUT2D eigenvalue weighted by Crippen LogP contribution is -2.42. The second kappa shape index (κ2) is 5.67. The van der Waals surface area contributed by atoms with Crippen LogP contribution in [0.15, 0.2) is 0 Å². The molecule has 0 radical (unpaired) electrons. The van der Waals surface area contributed by atoms with E-state index in [0.717, 1.165) is 38.8 Å². The molecule has 0 spiro atoms. The van der Waals surface area contributed by atoms with E-state index in [2.05, 4.69) is 0 Å². The number of hydrogen-bond donors (Lipinski definition) is 1. The van der Waals surface area contributed by atoms with Crippen LogP contribution in [0.2, 0.25) is 0 Å². The lowest BCUT2D eigenvalue weighted by atomic mass is 9.87. The highest BCUT2D eigenvalue weighted by atomic mass is 16.3.